The van der Waals surface area contributed by atoms with Crippen LogP contribution in [0.3, 0.4) is 0 Å². The number of aromatic nitrogens is 1. The largest absolute Gasteiger partial charge is 0.456 e. The Kier molecular flexibility index (Phi) is 9.19. The summed E-state index contributed by atoms with van der Waals surface area (Å²) >= 11 is 0. The highest BCUT2D eigenvalue weighted by molar-refractivity contribution is 6.21. The predicted octanol–water partition coefficient (Wildman–Crippen LogP) is 19.5. The van der Waals surface area contributed by atoms with Crippen molar-refractivity contribution in [1.29, 1.82) is 0 Å². The Morgan fingerprint density at radius 2 is 0.836 bits per heavy atom. The normalized spacial score (nSPS) is 11.8. The molecule has 73 heavy (non-hydrogen) atoms. The zero-order valence-corrected chi connectivity index (χ0v) is 39.5. The second kappa shape index (κ2) is 16.4. The molecule has 0 radical (unpaired) electrons. The molecule has 0 saturated carbocycles. The molecule has 0 N–H and O–H groups in total. The van der Waals surface area contributed by atoms with Crippen molar-refractivity contribution in [2.75, 3.05) is 9.80 Å². The summed E-state index contributed by atoms with van der Waals surface area (Å²) in [4.78, 5) is 4.77. The first-order valence-electron chi connectivity index (χ1n) is 24.8. The molecule has 0 aliphatic rings. The minimum Gasteiger partial charge on any atom is -0.456 e. The molecule has 0 aliphatic heterocycles. The van der Waals surface area contributed by atoms with Crippen molar-refractivity contribution < 1.29 is 8.83 Å². The van der Waals surface area contributed by atoms with Crippen molar-refractivity contribution >= 4 is 121 Å². The fourth-order valence-corrected chi connectivity index (χ4v) is 11.3. The second-order valence-corrected chi connectivity index (χ2v) is 18.9. The van der Waals surface area contributed by atoms with Crippen LogP contribution in [0.4, 0.5) is 34.1 Å². The summed E-state index contributed by atoms with van der Waals surface area (Å²) in [6.45, 7) is 0. The van der Waals surface area contributed by atoms with Crippen LogP contribution in [0.2, 0.25) is 0 Å². The number of fused-ring (bicyclic) bond motifs is 12. The van der Waals surface area contributed by atoms with Gasteiger partial charge in [0.2, 0.25) is 0 Å². The van der Waals surface area contributed by atoms with Gasteiger partial charge in [-0.2, -0.15) is 0 Å². The highest BCUT2D eigenvalue weighted by Crippen LogP contribution is 2.47. The topological polar surface area (TPSA) is 37.7 Å². The highest BCUT2D eigenvalue weighted by Gasteiger charge is 2.23. The average molecular weight is 934 g/mol. The van der Waals surface area contributed by atoms with Crippen LogP contribution >= 0.6 is 0 Å². The maximum absolute atomic E-state index is 6.67. The first kappa shape index (κ1) is 41.0. The molecule has 0 spiro atoms. The Morgan fingerprint density at radius 1 is 0.260 bits per heavy atom. The van der Waals surface area contributed by atoms with Crippen LogP contribution < -0.4 is 9.80 Å². The van der Waals surface area contributed by atoms with E-state index < -0.39 is 0 Å². The zero-order chi connectivity index (χ0) is 48.0. The van der Waals surface area contributed by atoms with E-state index in [0.29, 0.717) is 0 Å². The summed E-state index contributed by atoms with van der Waals surface area (Å²) in [7, 11) is 0. The number of rotatable bonds is 8. The van der Waals surface area contributed by atoms with Crippen LogP contribution in [-0.4, -0.2) is 4.57 Å². The third-order valence-electron chi connectivity index (χ3n) is 14.6. The SMILES string of the molecule is c1ccc(N(c2cc(-c3ccc4c(c3)c3cc5c(ccc6c7ccccc7oc56)cc3n4-c3ccccc3)cc(N(c3ccccc3)c3ccc4oc5ccccc5c4c3)c2)c2ccc3ccccc3c2)cc1. The van der Waals surface area contributed by atoms with Crippen LogP contribution in [-0.2, 0) is 0 Å². The number of nitrogens with zero attached hydrogens (tertiary/aromatic N) is 3. The van der Waals surface area contributed by atoms with E-state index >= 15 is 0 Å². The molecule has 15 rings (SSSR count). The van der Waals surface area contributed by atoms with Crippen LogP contribution in [0.5, 0.6) is 0 Å². The van der Waals surface area contributed by atoms with Gasteiger partial charge in [0.25, 0.3) is 0 Å². The van der Waals surface area contributed by atoms with Gasteiger partial charge in [0.15, 0.2) is 0 Å². The van der Waals surface area contributed by atoms with Crippen molar-refractivity contribution in [1.82, 2.24) is 4.57 Å². The van der Waals surface area contributed by atoms with Gasteiger partial charge < -0.3 is 23.2 Å². The molecular weight excluding hydrogens is 891 g/mol. The molecule has 3 heterocycles. The predicted molar refractivity (Wildman–Crippen MR) is 305 cm³/mol. The number of benzene rings is 12. The van der Waals surface area contributed by atoms with E-state index in [0.717, 1.165) is 127 Å². The molecule has 0 aliphatic carbocycles. The molecule has 0 atom stereocenters. The van der Waals surface area contributed by atoms with Gasteiger partial charge in [-0.15, -0.1) is 0 Å². The summed E-state index contributed by atoms with van der Waals surface area (Å²) in [5.41, 5.74) is 15.3. The summed E-state index contributed by atoms with van der Waals surface area (Å²) < 4.78 is 15.5. The van der Waals surface area contributed by atoms with Crippen molar-refractivity contribution in [3.8, 4) is 16.8 Å². The molecule has 0 unspecified atom stereocenters. The number of para-hydroxylation sites is 5. The number of furan rings is 2. The van der Waals surface area contributed by atoms with Gasteiger partial charge in [-0.3, -0.25) is 0 Å². The average Bonchev–Trinajstić information content (AvgIpc) is 4.13. The maximum atomic E-state index is 6.67. The standard InChI is InChI=1S/C68H43N3O2/c1-4-18-49(19-5-1)69(52-31-28-44-16-10-11-17-45(44)36-52)54-37-48(38-55(41-54)70(50-20-6-2-7-21-50)53-32-35-67-62(42-53)57-25-13-14-26-65(57)72-67)46-30-34-63-60(39-46)61-43-59-47(40-64(61)71(63)51-22-8-3-9-23-51)29-33-58-56-24-12-15-27-66(56)73-68(58)59/h1-43H. The molecule has 12 aromatic carbocycles. The summed E-state index contributed by atoms with van der Waals surface area (Å²) in [5, 5.41) is 11.3. The first-order chi connectivity index (χ1) is 36.2. The fourth-order valence-electron chi connectivity index (χ4n) is 11.3. The van der Waals surface area contributed by atoms with E-state index in [1.807, 2.05) is 18.2 Å². The molecule has 15 aromatic rings. The molecular formula is C68H43N3O2. The Hall–Kier alpha value is -9.84. The van der Waals surface area contributed by atoms with E-state index in [9.17, 15) is 0 Å². The minimum absolute atomic E-state index is 0.857. The molecule has 342 valence electrons. The molecule has 0 amide bonds. The Labute approximate surface area is 420 Å². The lowest BCUT2D eigenvalue weighted by Crippen LogP contribution is -2.13. The zero-order valence-electron chi connectivity index (χ0n) is 39.5. The maximum Gasteiger partial charge on any atom is 0.143 e. The van der Waals surface area contributed by atoms with E-state index in [2.05, 4.69) is 257 Å². The molecule has 5 nitrogen and oxygen atoms in total. The second-order valence-electron chi connectivity index (χ2n) is 18.9. The third-order valence-corrected chi connectivity index (χ3v) is 14.6. The molecule has 3 aromatic heterocycles. The summed E-state index contributed by atoms with van der Waals surface area (Å²) in [6, 6.07) is 93.8. The lowest BCUT2D eigenvalue weighted by Gasteiger charge is -2.30. The van der Waals surface area contributed by atoms with Gasteiger partial charge in [0.1, 0.15) is 22.3 Å². The summed E-state index contributed by atoms with van der Waals surface area (Å²) in [6.07, 6.45) is 0. The fraction of sp³-hybridized carbons (Fsp3) is 0. The number of hydrogen-bond donors (Lipinski definition) is 0. The van der Waals surface area contributed by atoms with E-state index in [-0.39, 0.29) is 0 Å². The smallest absolute Gasteiger partial charge is 0.143 e. The van der Waals surface area contributed by atoms with Crippen LogP contribution in [0.1, 0.15) is 0 Å². The molecule has 0 bridgehead atoms. The van der Waals surface area contributed by atoms with E-state index in [1.54, 1.807) is 0 Å². The van der Waals surface area contributed by atoms with Gasteiger partial charge >= 0.3 is 0 Å². The lowest BCUT2D eigenvalue weighted by molar-refractivity contribution is 0.669. The first-order valence-corrected chi connectivity index (χ1v) is 24.8. The molecule has 5 heteroatoms. The van der Waals surface area contributed by atoms with Gasteiger partial charge in [-0.1, -0.05) is 133 Å². The Morgan fingerprint density at radius 3 is 1.58 bits per heavy atom. The van der Waals surface area contributed by atoms with Crippen LogP contribution in [0.15, 0.2) is 270 Å². The van der Waals surface area contributed by atoms with Crippen molar-refractivity contribution in [2.24, 2.45) is 0 Å². The van der Waals surface area contributed by atoms with Gasteiger partial charge in [-0.25, -0.2) is 0 Å². The lowest BCUT2D eigenvalue weighted by atomic mass is 9.98. The van der Waals surface area contributed by atoms with Gasteiger partial charge in [0, 0.05) is 77.5 Å². The molecule has 0 saturated heterocycles. The highest BCUT2D eigenvalue weighted by atomic mass is 16.3. The quantitative estimate of drug-likeness (QED) is 0.152. The summed E-state index contributed by atoms with van der Waals surface area (Å²) in [5.74, 6) is 0. The monoisotopic (exact) mass is 933 g/mol. The number of anilines is 6. The van der Waals surface area contributed by atoms with Crippen LogP contribution in [0.25, 0.3) is 104 Å². The Balaban J connectivity index is 1.01. The molecule has 0 fully saturated rings. The van der Waals surface area contributed by atoms with E-state index in [1.165, 1.54) is 10.8 Å². The van der Waals surface area contributed by atoms with Crippen molar-refractivity contribution in [3.05, 3.63) is 261 Å². The van der Waals surface area contributed by atoms with Crippen molar-refractivity contribution in [3.63, 3.8) is 0 Å². The van der Waals surface area contributed by atoms with Crippen molar-refractivity contribution in [2.45, 2.75) is 0 Å². The number of hydrogen-bond acceptors (Lipinski definition) is 4. The Bertz CT molecular complexity index is 4630. The van der Waals surface area contributed by atoms with Gasteiger partial charge in [0.05, 0.1) is 11.0 Å². The van der Waals surface area contributed by atoms with Crippen LogP contribution in [0, 0.1) is 0 Å². The van der Waals surface area contributed by atoms with E-state index in [4.69, 9.17) is 8.83 Å². The third kappa shape index (κ3) is 6.71. The van der Waals surface area contributed by atoms with Gasteiger partial charge in [-0.05, 0) is 155 Å². The minimum atomic E-state index is 0.857.